The quantitative estimate of drug-likeness (QED) is 0.924. The van der Waals surface area contributed by atoms with Gasteiger partial charge in [0.1, 0.15) is 4.75 Å². The first-order valence-corrected chi connectivity index (χ1v) is 7.23. The van der Waals surface area contributed by atoms with Crippen LogP contribution in [0.5, 0.6) is 0 Å². The predicted molar refractivity (Wildman–Crippen MR) is 79.1 cm³/mol. The Balaban J connectivity index is 2.17. The number of nitrogens with one attached hydrogen (secondary N) is 1. The molecule has 1 fully saturated rings. The van der Waals surface area contributed by atoms with E-state index in [1.807, 2.05) is 26.0 Å². The summed E-state index contributed by atoms with van der Waals surface area (Å²) in [5.41, 5.74) is 1.09. The lowest BCUT2D eigenvalue weighted by molar-refractivity contribution is -0.122. The number of amidine groups is 1. The van der Waals surface area contributed by atoms with Gasteiger partial charge in [0.25, 0.3) is 0 Å². The minimum absolute atomic E-state index is 0.0142. The average Bonchev–Trinajstić information content (AvgIpc) is 2.67. The van der Waals surface area contributed by atoms with Crippen LogP contribution in [-0.2, 0) is 4.79 Å². The molecule has 102 valence electrons. The van der Waals surface area contributed by atoms with Crippen molar-refractivity contribution in [2.45, 2.75) is 38.5 Å². The molecular weight excluding hydrogens is 258 g/mol. The lowest BCUT2D eigenvalue weighted by Gasteiger charge is -2.22. The van der Waals surface area contributed by atoms with Crippen LogP contribution in [0, 0.1) is 5.92 Å². The Morgan fingerprint density at radius 3 is 2.47 bits per heavy atom. The summed E-state index contributed by atoms with van der Waals surface area (Å²) in [6.45, 7) is 8.10. The van der Waals surface area contributed by atoms with Crippen LogP contribution >= 0.6 is 11.8 Å². The lowest BCUT2D eigenvalue weighted by Crippen LogP contribution is -2.38. The largest absolute Gasteiger partial charge is 0.304 e. The number of pyridine rings is 1. The van der Waals surface area contributed by atoms with Crippen molar-refractivity contribution in [3.63, 3.8) is 0 Å². The fraction of sp³-hybridized carbons (Fsp3) is 0.500. The Kier molecular flexibility index (Phi) is 3.94. The molecule has 2 rings (SSSR count). The molecule has 0 spiro atoms. The molecule has 1 saturated heterocycles. The molecule has 2 atom stereocenters. The van der Waals surface area contributed by atoms with E-state index in [2.05, 4.69) is 29.1 Å². The number of hydrogen-bond acceptors (Lipinski definition) is 4. The number of carbonyl (C=O) groups excluding carboxylic acids is 1. The highest BCUT2D eigenvalue weighted by Gasteiger charge is 2.44. The van der Waals surface area contributed by atoms with Crippen LogP contribution in [0.15, 0.2) is 29.5 Å². The zero-order valence-corrected chi connectivity index (χ0v) is 12.5. The third kappa shape index (κ3) is 2.81. The van der Waals surface area contributed by atoms with Gasteiger partial charge in [-0.15, -0.1) is 0 Å². The first-order chi connectivity index (χ1) is 8.93. The summed E-state index contributed by atoms with van der Waals surface area (Å²) in [4.78, 5) is 20.6. The van der Waals surface area contributed by atoms with Gasteiger partial charge in [-0.25, -0.2) is 0 Å². The second kappa shape index (κ2) is 5.33. The lowest BCUT2D eigenvalue weighted by atomic mass is 9.96. The Hall–Kier alpha value is -1.36. The fourth-order valence-corrected chi connectivity index (χ4v) is 2.96. The zero-order chi connectivity index (χ0) is 14.0. The van der Waals surface area contributed by atoms with Crippen molar-refractivity contribution in [2.75, 3.05) is 0 Å². The maximum Gasteiger partial charge on any atom is 0.242 e. The van der Waals surface area contributed by atoms with Gasteiger partial charge in [0.05, 0.1) is 6.04 Å². The highest BCUT2D eigenvalue weighted by molar-refractivity contribution is 8.16. The molecule has 4 nitrogen and oxygen atoms in total. The summed E-state index contributed by atoms with van der Waals surface area (Å²) in [7, 11) is 0. The Bertz CT molecular complexity index is 501. The van der Waals surface area contributed by atoms with E-state index in [1.165, 1.54) is 11.8 Å². The molecule has 1 aromatic heterocycles. The molecule has 1 amide bonds. The number of rotatable bonds is 3. The maximum atomic E-state index is 12.0. The molecule has 5 heteroatoms. The monoisotopic (exact) mass is 277 g/mol. The number of aliphatic imine (C=N–C) groups is 1. The van der Waals surface area contributed by atoms with Gasteiger partial charge in [0.15, 0.2) is 5.17 Å². The minimum Gasteiger partial charge on any atom is -0.304 e. The molecule has 1 N–H and O–H groups in total. The second-order valence-electron chi connectivity index (χ2n) is 5.21. The van der Waals surface area contributed by atoms with Gasteiger partial charge in [-0.3, -0.25) is 14.8 Å². The van der Waals surface area contributed by atoms with Crippen LogP contribution in [-0.4, -0.2) is 20.8 Å². The van der Waals surface area contributed by atoms with Crippen LogP contribution < -0.4 is 5.32 Å². The van der Waals surface area contributed by atoms with E-state index in [9.17, 15) is 4.79 Å². The van der Waals surface area contributed by atoms with E-state index in [0.717, 1.165) is 5.56 Å². The van der Waals surface area contributed by atoms with Gasteiger partial charge in [0.2, 0.25) is 5.91 Å². The summed E-state index contributed by atoms with van der Waals surface area (Å²) in [5, 5.41) is 3.60. The molecule has 1 aliphatic rings. The van der Waals surface area contributed by atoms with Crippen molar-refractivity contribution in [1.82, 2.24) is 10.3 Å². The van der Waals surface area contributed by atoms with Crippen molar-refractivity contribution >= 4 is 22.8 Å². The molecule has 0 radical (unpaired) electrons. The first kappa shape index (κ1) is 14.1. The molecule has 0 bridgehead atoms. The van der Waals surface area contributed by atoms with Gasteiger partial charge in [-0.1, -0.05) is 25.6 Å². The fourth-order valence-electron chi connectivity index (χ4n) is 1.82. The number of carbonyl (C=O) groups is 1. The number of thioether (sulfide) groups is 1. The van der Waals surface area contributed by atoms with E-state index in [4.69, 9.17) is 0 Å². The highest BCUT2D eigenvalue weighted by atomic mass is 32.2. The summed E-state index contributed by atoms with van der Waals surface area (Å²) in [5.74, 6) is 0.314. The Morgan fingerprint density at radius 2 is 1.95 bits per heavy atom. The molecule has 19 heavy (non-hydrogen) atoms. The van der Waals surface area contributed by atoms with E-state index in [-0.39, 0.29) is 17.9 Å². The van der Waals surface area contributed by atoms with Crippen LogP contribution in [0.25, 0.3) is 0 Å². The first-order valence-electron chi connectivity index (χ1n) is 6.41. The standard InChI is InChI=1S/C14H19N3OS/c1-9(2)14(4)12(18)17-13(19-14)16-10(3)11-5-7-15-8-6-11/h5-10H,1-4H3,(H,16,17,18). The predicted octanol–water partition coefficient (Wildman–Crippen LogP) is 2.78. The summed E-state index contributed by atoms with van der Waals surface area (Å²) in [6.07, 6.45) is 3.51. The second-order valence-corrected chi connectivity index (χ2v) is 6.65. The van der Waals surface area contributed by atoms with E-state index >= 15 is 0 Å². The highest BCUT2D eigenvalue weighted by Crippen LogP contribution is 2.38. The van der Waals surface area contributed by atoms with E-state index in [0.29, 0.717) is 5.17 Å². The molecule has 1 aliphatic heterocycles. The summed E-state index contributed by atoms with van der Waals surface area (Å²) in [6, 6.07) is 3.90. The topological polar surface area (TPSA) is 54.4 Å². The normalized spacial score (nSPS) is 26.8. The van der Waals surface area contributed by atoms with E-state index < -0.39 is 4.75 Å². The zero-order valence-electron chi connectivity index (χ0n) is 11.7. The number of aromatic nitrogens is 1. The third-order valence-corrected chi connectivity index (χ3v) is 5.06. The Labute approximate surface area is 118 Å². The SMILES string of the molecule is CC(N=C1NC(=O)C(C)(C(C)C)S1)c1ccncc1. The van der Waals surface area contributed by atoms with Crippen molar-refractivity contribution in [3.8, 4) is 0 Å². The average molecular weight is 277 g/mol. The molecule has 1 aromatic rings. The number of nitrogens with zero attached hydrogens (tertiary/aromatic N) is 2. The van der Waals surface area contributed by atoms with Crippen LogP contribution in [0.2, 0.25) is 0 Å². The number of hydrogen-bond donors (Lipinski definition) is 1. The van der Waals surface area contributed by atoms with Crippen LogP contribution in [0.4, 0.5) is 0 Å². The van der Waals surface area contributed by atoms with E-state index in [1.54, 1.807) is 12.4 Å². The minimum atomic E-state index is -0.420. The smallest absolute Gasteiger partial charge is 0.242 e. The van der Waals surface area contributed by atoms with Crippen LogP contribution in [0.1, 0.15) is 39.3 Å². The van der Waals surface area contributed by atoms with Crippen molar-refractivity contribution in [1.29, 1.82) is 0 Å². The molecule has 2 heterocycles. The summed E-state index contributed by atoms with van der Waals surface area (Å²) >= 11 is 1.53. The third-order valence-electron chi connectivity index (χ3n) is 3.58. The van der Waals surface area contributed by atoms with Gasteiger partial charge in [-0.2, -0.15) is 0 Å². The Morgan fingerprint density at radius 1 is 1.32 bits per heavy atom. The number of amides is 1. The summed E-state index contributed by atoms with van der Waals surface area (Å²) < 4.78 is -0.420. The van der Waals surface area contributed by atoms with Gasteiger partial charge in [0, 0.05) is 12.4 Å². The van der Waals surface area contributed by atoms with Gasteiger partial charge in [-0.05, 0) is 37.5 Å². The van der Waals surface area contributed by atoms with Gasteiger partial charge >= 0.3 is 0 Å². The molecule has 2 unspecified atom stereocenters. The van der Waals surface area contributed by atoms with Gasteiger partial charge < -0.3 is 5.32 Å². The van der Waals surface area contributed by atoms with Crippen molar-refractivity contribution in [3.05, 3.63) is 30.1 Å². The molecule has 0 saturated carbocycles. The van der Waals surface area contributed by atoms with Crippen LogP contribution in [0.3, 0.4) is 0 Å². The molecular formula is C14H19N3OS. The van der Waals surface area contributed by atoms with Crippen molar-refractivity contribution < 1.29 is 4.79 Å². The maximum absolute atomic E-state index is 12.0. The molecule has 0 aromatic carbocycles. The molecule has 0 aliphatic carbocycles. The van der Waals surface area contributed by atoms with Crippen molar-refractivity contribution in [2.24, 2.45) is 10.9 Å².